The molecule has 0 aromatic carbocycles. The number of carbonyl (C=O) groups is 2. The summed E-state index contributed by atoms with van der Waals surface area (Å²) >= 11 is 0. The van der Waals surface area contributed by atoms with Gasteiger partial charge in [-0.05, 0) is 63.2 Å². The van der Waals surface area contributed by atoms with Crippen molar-refractivity contribution in [3.63, 3.8) is 0 Å². The van der Waals surface area contributed by atoms with Crippen LogP contribution in [-0.4, -0.2) is 18.4 Å². The highest BCUT2D eigenvalue weighted by molar-refractivity contribution is 5.98. The second-order valence-corrected chi connectivity index (χ2v) is 7.57. The fourth-order valence-electron chi connectivity index (χ4n) is 5.25. The number of Topliss-reactive ketones (excluding diaryl/α,β-unsaturated/α-hetero) is 1. The predicted molar refractivity (Wildman–Crippen MR) is 76.0 cm³/mol. The number of hydrogen-bond donors (Lipinski definition) is 0. The quantitative estimate of drug-likeness (QED) is 0.572. The number of ether oxygens (including phenoxy) is 1. The number of ketones is 1. The Morgan fingerprint density at radius 3 is 2.05 bits per heavy atom. The molecule has 4 fully saturated rings. The number of carbonyl (C=O) groups excluding carboxylic acids is 2. The van der Waals surface area contributed by atoms with Gasteiger partial charge < -0.3 is 4.74 Å². The van der Waals surface area contributed by atoms with E-state index in [0.29, 0.717) is 13.0 Å². The average Bonchev–Trinajstić information content (AvgIpc) is 2.41. The minimum absolute atomic E-state index is 0.0134. The summed E-state index contributed by atoms with van der Waals surface area (Å²) in [5.41, 5.74) is 0.249. The third-order valence-corrected chi connectivity index (χ3v) is 5.87. The van der Waals surface area contributed by atoms with E-state index in [1.165, 1.54) is 38.5 Å². The Morgan fingerprint density at radius 1 is 1.10 bits per heavy atom. The van der Waals surface area contributed by atoms with Gasteiger partial charge in [-0.2, -0.15) is 0 Å². The van der Waals surface area contributed by atoms with Crippen LogP contribution < -0.4 is 0 Å². The van der Waals surface area contributed by atoms with E-state index in [-0.39, 0.29) is 17.2 Å². The maximum atomic E-state index is 12.0. The van der Waals surface area contributed by atoms with Crippen LogP contribution in [0.3, 0.4) is 0 Å². The Morgan fingerprint density at radius 2 is 1.60 bits per heavy atom. The van der Waals surface area contributed by atoms with Crippen molar-refractivity contribution in [1.29, 1.82) is 0 Å². The maximum absolute atomic E-state index is 12.0. The van der Waals surface area contributed by atoms with Crippen LogP contribution in [0.25, 0.3) is 0 Å². The third kappa shape index (κ3) is 2.51. The molecule has 1 unspecified atom stereocenters. The van der Waals surface area contributed by atoms with E-state index >= 15 is 0 Å². The van der Waals surface area contributed by atoms with E-state index in [2.05, 4.69) is 0 Å². The van der Waals surface area contributed by atoms with Gasteiger partial charge in [0.1, 0.15) is 11.7 Å². The minimum atomic E-state index is -0.589. The average molecular weight is 278 g/mol. The number of rotatable bonds is 5. The van der Waals surface area contributed by atoms with E-state index in [1.54, 1.807) is 13.8 Å². The zero-order valence-electron chi connectivity index (χ0n) is 12.7. The van der Waals surface area contributed by atoms with Crippen molar-refractivity contribution in [2.75, 3.05) is 6.61 Å². The fourth-order valence-corrected chi connectivity index (χ4v) is 5.25. The molecule has 0 N–H and O–H groups in total. The Balaban J connectivity index is 1.58. The summed E-state index contributed by atoms with van der Waals surface area (Å²) < 4.78 is 5.55. The van der Waals surface area contributed by atoms with Crippen molar-refractivity contribution >= 4 is 11.8 Å². The molecule has 0 aliphatic heterocycles. The van der Waals surface area contributed by atoms with Crippen LogP contribution in [0.5, 0.6) is 0 Å². The summed E-state index contributed by atoms with van der Waals surface area (Å²) in [6, 6.07) is 0. The molecule has 0 spiro atoms. The molecule has 0 radical (unpaired) electrons. The zero-order valence-corrected chi connectivity index (χ0v) is 12.7. The number of esters is 1. The van der Waals surface area contributed by atoms with Gasteiger partial charge in [0.15, 0.2) is 0 Å². The van der Waals surface area contributed by atoms with E-state index < -0.39 is 5.92 Å². The van der Waals surface area contributed by atoms with Crippen LogP contribution in [0, 0.1) is 29.1 Å². The van der Waals surface area contributed by atoms with Gasteiger partial charge in [0.05, 0.1) is 6.61 Å². The Bertz CT molecular complexity index is 377. The molecule has 4 rings (SSSR count). The van der Waals surface area contributed by atoms with Gasteiger partial charge >= 0.3 is 5.97 Å². The summed E-state index contributed by atoms with van der Waals surface area (Å²) in [6.45, 7) is 4.02. The smallest absolute Gasteiger partial charge is 0.316 e. The zero-order chi connectivity index (χ0) is 14.3. The summed E-state index contributed by atoms with van der Waals surface area (Å²) in [4.78, 5) is 23.6. The third-order valence-electron chi connectivity index (χ3n) is 5.87. The van der Waals surface area contributed by atoms with Crippen molar-refractivity contribution in [3.05, 3.63) is 0 Å². The second kappa shape index (κ2) is 5.16. The first-order valence-electron chi connectivity index (χ1n) is 8.20. The molecule has 0 aromatic heterocycles. The fraction of sp³-hybridized carbons (Fsp3) is 0.882. The second-order valence-electron chi connectivity index (χ2n) is 7.57. The molecule has 3 heteroatoms. The summed E-state index contributed by atoms with van der Waals surface area (Å²) in [7, 11) is 0. The van der Waals surface area contributed by atoms with Gasteiger partial charge in [0.25, 0.3) is 0 Å². The molecule has 4 aliphatic carbocycles. The lowest BCUT2D eigenvalue weighted by Crippen LogP contribution is -2.48. The summed E-state index contributed by atoms with van der Waals surface area (Å²) in [5, 5.41) is 0. The SMILES string of the molecule is CCC(=O)C(C)C(=O)OCC12CC3CC(CC(C3)C1)C2. The highest BCUT2D eigenvalue weighted by atomic mass is 16.5. The van der Waals surface area contributed by atoms with Crippen LogP contribution in [0.15, 0.2) is 0 Å². The van der Waals surface area contributed by atoms with Crippen LogP contribution in [-0.2, 0) is 14.3 Å². The highest BCUT2D eigenvalue weighted by Crippen LogP contribution is 2.60. The molecule has 0 heterocycles. The molecule has 0 amide bonds. The lowest BCUT2D eigenvalue weighted by atomic mass is 9.50. The summed E-state index contributed by atoms with van der Waals surface area (Å²) in [6.07, 6.45) is 8.33. The first-order chi connectivity index (χ1) is 9.51. The predicted octanol–water partition coefficient (Wildman–Crippen LogP) is 3.36. The molecule has 4 aliphatic rings. The largest absolute Gasteiger partial charge is 0.465 e. The molecule has 1 atom stereocenters. The molecule has 20 heavy (non-hydrogen) atoms. The molecule has 4 saturated carbocycles. The Labute approximate surface area is 121 Å². The monoisotopic (exact) mass is 278 g/mol. The van der Waals surface area contributed by atoms with E-state index in [0.717, 1.165) is 17.8 Å². The summed E-state index contributed by atoms with van der Waals surface area (Å²) in [5.74, 6) is 1.70. The highest BCUT2D eigenvalue weighted by Gasteiger charge is 2.51. The van der Waals surface area contributed by atoms with Gasteiger partial charge in [0.2, 0.25) is 0 Å². The normalized spacial score (nSPS) is 39.6. The van der Waals surface area contributed by atoms with Gasteiger partial charge in [-0.1, -0.05) is 6.92 Å². The standard InChI is InChI=1S/C17H26O3/c1-3-15(18)11(2)16(19)20-10-17-7-12-4-13(8-17)6-14(5-12)9-17/h11-14H,3-10H2,1-2H3. The van der Waals surface area contributed by atoms with Crippen molar-refractivity contribution < 1.29 is 14.3 Å². The molecule has 112 valence electrons. The van der Waals surface area contributed by atoms with Crippen molar-refractivity contribution in [3.8, 4) is 0 Å². The minimum Gasteiger partial charge on any atom is -0.465 e. The first kappa shape index (κ1) is 14.1. The number of hydrogen-bond acceptors (Lipinski definition) is 3. The van der Waals surface area contributed by atoms with E-state index in [4.69, 9.17) is 4.74 Å². The Kier molecular flexibility index (Phi) is 3.64. The van der Waals surface area contributed by atoms with Gasteiger partial charge in [-0.3, -0.25) is 9.59 Å². The van der Waals surface area contributed by atoms with Crippen LogP contribution in [0.1, 0.15) is 58.8 Å². The van der Waals surface area contributed by atoms with Crippen molar-refractivity contribution in [1.82, 2.24) is 0 Å². The molecular formula is C17H26O3. The van der Waals surface area contributed by atoms with Crippen LogP contribution >= 0.6 is 0 Å². The topological polar surface area (TPSA) is 43.4 Å². The van der Waals surface area contributed by atoms with Gasteiger partial charge in [-0.15, -0.1) is 0 Å². The van der Waals surface area contributed by atoms with Gasteiger partial charge in [-0.25, -0.2) is 0 Å². The van der Waals surface area contributed by atoms with Crippen LogP contribution in [0.2, 0.25) is 0 Å². The lowest BCUT2D eigenvalue weighted by molar-refractivity contribution is -0.161. The molecular weight excluding hydrogens is 252 g/mol. The maximum Gasteiger partial charge on any atom is 0.316 e. The van der Waals surface area contributed by atoms with E-state index in [9.17, 15) is 9.59 Å². The molecule has 0 aromatic rings. The van der Waals surface area contributed by atoms with Crippen LogP contribution in [0.4, 0.5) is 0 Å². The van der Waals surface area contributed by atoms with Gasteiger partial charge in [0, 0.05) is 11.8 Å². The Hall–Kier alpha value is -0.860. The first-order valence-corrected chi connectivity index (χ1v) is 8.20. The van der Waals surface area contributed by atoms with Crippen molar-refractivity contribution in [2.45, 2.75) is 58.8 Å². The molecule has 4 bridgehead atoms. The van der Waals surface area contributed by atoms with Crippen molar-refractivity contribution in [2.24, 2.45) is 29.1 Å². The molecule has 0 saturated heterocycles. The van der Waals surface area contributed by atoms with E-state index in [1.807, 2.05) is 0 Å². The lowest BCUT2D eigenvalue weighted by Gasteiger charge is -2.56. The molecule has 3 nitrogen and oxygen atoms in total.